The Hall–Kier alpha value is -2.61. The number of ether oxygens (including phenoxy) is 1. The first-order chi connectivity index (χ1) is 9.13. The normalized spacial score (nSPS) is 9.95. The van der Waals surface area contributed by atoms with E-state index in [4.69, 9.17) is 10.00 Å². The van der Waals surface area contributed by atoms with Crippen molar-refractivity contribution in [2.75, 3.05) is 7.11 Å². The first kappa shape index (κ1) is 12.8. The standard InChI is InChI=1S/C14H11FN2O2/c1-19-13-4-2-10(7-16)6-11(13)8-17-9-12(15)3-5-14(17)18/h2-6,9H,8H2,1H3. The molecule has 0 atom stereocenters. The van der Waals surface area contributed by atoms with Crippen molar-refractivity contribution >= 4 is 0 Å². The van der Waals surface area contributed by atoms with Gasteiger partial charge in [0.2, 0.25) is 0 Å². The Morgan fingerprint density at radius 2 is 2.16 bits per heavy atom. The van der Waals surface area contributed by atoms with Crippen LogP contribution in [0.4, 0.5) is 4.39 Å². The van der Waals surface area contributed by atoms with Crippen LogP contribution in [0.2, 0.25) is 0 Å². The van der Waals surface area contributed by atoms with Crippen molar-refractivity contribution in [1.82, 2.24) is 4.57 Å². The summed E-state index contributed by atoms with van der Waals surface area (Å²) in [6, 6.07) is 9.18. The molecule has 2 rings (SSSR count). The molecule has 0 aliphatic carbocycles. The highest BCUT2D eigenvalue weighted by Crippen LogP contribution is 2.20. The van der Waals surface area contributed by atoms with Gasteiger partial charge in [0.05, 0.1) is 25.3 Å². The second kappa shape index (κ2) is 5.36. The second-order valence-electron chi connectivity index (χ2n) is 3.95. The van der Waals surface area contributed by atoms with Gasteiger partial charge in [0, 0.05) is 17.8 Å². The molecule has 2 aromatic rings. The van der Waals surface area contributed by atoms with Crippen LogP contribution in [0.15, 0.2) is 41.3 Å². The van der Waals surface area contributed by atoms with E-state index in [0.29, 0.717) is 16.9 Å². The lowest BCUT2D eigenvalue weighted by atomic mass is 10.1. The fourth-order valence-electron chi connectivity index (χ4n) is 1.78. The zero-order valence-corrected chi connectivity index (χ0v) is 10.3. The van der Waals surface area contributed by atoms with Crippen LogP contribution in [-0.2, 0) is 6.54 Å². The molecule has 0 unspecified atom stereocenters. The van der Waals surface area contributed by atoms with Crippen LogP contribution in [-0.4, -0.2) is 11.7 Å². The maximum atomic E-state index is 13.1. The van der Waals surface area contributed by atoms with Crippen LogP contribution in [0.3, 0.4) is 0 Å². The van der Waals surface area contributed by atoms with E-state index >= 15 is 0 Å². The van der Waals surface area contributed by atoms with Crippen LogP contribution < -0.4 is 10.3 Å². The number of nitrogens with zero attached hydrogens (tertiary/aromatic N) is 2. The predicted molar refractivity (Wildman–Crippen MR) is 67.5 cm³/mol. The number of benzene rings is 1. The summed E-state index contributed by atoms with van der Waals surface area (Å²) in [7, 11) is 1.50. The van der Waals surface area contributed by atoms with Crippen molar-refractivity contribution in [3.8, 4) is 11.8 Å². The summed E-state index contributed by atoms with van der Waals surface area (Å²) in [5.74, 6) is 0.0603. The Balaban J connectivity index is 2.45. The molecule has 96 valence electrons. The smallest absolute Gasteiger partial charge is 0.251 e. The van der Waals surface area contributed by atoms with Crippen molar-refractivity contribution in [2.45, 2.75) is 6.54 Å². The molecule has 0 fully saturated rings. The first-order valence-corrected chi connectivity index (χ1v) is 5.57. The molecule has 0 aliphatic rings. The van der Waals surface area contributed by atoms with Gasteiger partial charge in [0.1, 0.15) is 11.6 Å². The summed E-state index contributed by atoms with van der Waals surface area (Å²) in [6.45, 7) is 0.148. The van der Waals surface area contributed by atoms with E-state index in [0.717, 1.165) is 18.3 Å². The lowest BCUT2D eigenvalue weighted by molar-refractivity contribution is 0.408. The van der Waals surface area contributed by atoms with Crippen molar-refractivity contribution in [3.63, 3.8) is 0 Å². The molecular formula is C14H11FN2O2. The molecule has 0 amide bonds. The van der Waals surface area contributed by atoms with Crippen LogP contribution in [0.5, 0.6) is 5.75 Å². The van der Waals surface area contributed by atoms with Gasteiger partial charge in [-0.15, -0.1) is 0 Å². The average molecular weight is 258 g/mol. The molecule has 0 aliphatic heterocycles. The van der Waals surface area contributed by atoms with E-state index in [1.165, 1.54) is 11.7 Å². The van der Waals surface area contributed by atoms with Crippen LogP contribution in [0, 0.1) is 17.1 Å². The molecule has 0 bridgehead atoms. The van der Waals surface area contributed by atoms with Crippen LogP contribution in [0.25, 0.3) is 0 Å². The zero-order chi connectivity index (χ0) is 13.8. The molecule has 1 aromatic carbocycles. The van der Waals surface area contributed by atoms with Crippen molar-refractivity contribution in [1.29, 1.82) is 5.26 Å². The number of rotatable bonds is 3. The summed E-state index contributed by atoms with van der Waals surface area (Å²) < 4.78 is 19.5. The SMILES string of the molecule is COc1ccc(C#N)cc1Cn1cc(F)ccc1=O. The van der Waals surface area contributed by atoms with Gasteiger partial charge in [-0.05, 0) is 24.3 Å². The van der Waals surface area contributed by atoms with Crippen LogP contribution in [0.1, 0.15) is 11.1 Å². The number of hydrogen-bond acceptors (Lipinski definition) is 3. The van der Waals surface area contributed by atoms with E-state index in [9.17, 15) is 9.18 Å². The van der Waals surface area contributed by atoms with E-state index in [1.807, 2.05) is 6.07 Å². The van der Waals surface area contributed by atoms with E-state index in [2.05, 4.69) is 0 Å². The predicted octanol–water partition coefficient (Wildman–Crippen LogP) is 1.92. The zero-order valence-electron chi connectivity index (χ0n) is 10.3. The van der Waals surface area contributed by atoms with Crippen molar-refractivity contribution in [2.24, 2.45) is 0 Å². The molecule has 1 heterocycles. The molecular weight excluding hydrogens is 247 g/mol. The third kappa shape index (κ3) is 2.80. The van der Waals surface area contributed by atoms with Gasteiger partial charge in [-0.1, -0.05) is 0 Å². The number of nitriles is 1. The largest absolute Gasteiger partial charge is 0.496 e. The van der Waals surface area contributed by atoms with E-state index < -0.39 is 5.82 Å². The molecule has 1 aromatic heterocycles. The van der Waals surface area contributed by atoms with Crippen molar-refractivity contribution < 1.29 is 9.13 Å². The van der Waals surface area contributed by atoms with Gasteiger partial charge in [-0.3, -0.25) is 4.79 Å². The summed E-state index contributed by atoms with van der Waals surface area (Å²) in [5, 5.41) is 8.87. The average Bonchev–Trinajstić information content (AvgIpc) is 2.42. The quantitative estimate of drug-likeness (QED) is 0.845. The summed E-state index contributed by atoms with van der Waals surface area (Å²) in [5.41, 5.74) is 0.792. The van der Waals surface area contributed by atoms with Gasteiger partial charge in [-0.2, -0.15) is 5.26 Å². The highest BCUT2D eigenvalue weighted by molar-refractivity contribution is 5.42. The van der Waals surface area contributed by atoms with Crippen molar-refractivity contribution in [3.05, 3.63) is 63.8 Å². The lowest BCUT2D eigenvalue weighted by Crippen LogP contribution is -2.19. The maximum Gasteiger partial charge on any atom is 0.251 e. The Morgan fingerprint density at radius 1 is 1.37 bits per heavy atom. The molecule has 5 heteroatoms. The number of pyridine rings is 1. The monoisotopic (exact) mass is 258 g/mol. The molecule has 0 N–H and O–H groups in total. The number of halogens is 1. The van der Waals surface area contributed by atoms with Gasteiger partial charge in [-0.25, -0.2) is 4.39 Å². The number of aromatic nitrogens is 1. The molecule has 0 saturated heterocycles. The Morgan fingerprint density at radius 3 is 2.84 bits per heavy atom. The summed E-state index contributed by atoms with van der Waals surface area (Å²) in [4.78, 5) is 11.6. The van der Waals surface area contributed by atoms with Crippen LogP contribution >= 0.6 is 0 Å². The second-order valence-corrected chi connectivity index (χ2v) is 3.95. The fourth-order valence-corrected chi connectivity index (χ4v) is 1.78. The molecule has 0 spiro atoms. The van der Waals surface area contributed by atoms with Gasteiger partial charge < -0.3 is 9.30 Å². The molecule has 0 radical (unpaired) electrons. The Bertz CT molecular complexity index is 701. The molecule has 0 saturated carbocycles. The molecule has 4 nitrogen and oxygen atoms in total. The first-order valence-electron chi connectivity index (χ1n) is 5.57. The topological polar surface area (TPSA) is 55.0 Å². The Kier molecular flexibility index (Phi) is 3.62. The third-order valence-electron chi connectivity index (χ3n) is 2.70. The fraction of sp³-hybridized carbons (Fsp3) is 0.143. The number of methoxy groups -OCH3 is 1. The minimum absolute atomic E-state index is 0.148. The highest BCUT2D eigenvalue weighted by Gasteiger charge is 2.07. The minimum atomic E-state index is -0.491. The minimum Gasteiger partial charge on any atom is -0.496 e. The molecule has 19 heavy (non-hydrogen) atoms. The van der Waals surface area contributed by atoms with Gasteiger partial charge in [0.15, 0.2) is 0 Å². The number of hydrogen-bond donors (Lipinski definition) is 0. The Labute approximate surface area is 109 Å². The van der Waals surface area contributed by atoms with Gasteiger partial charge in [0.25, 0.3) is 5.56 Å². The third-order valence-corrected chi connectivity index (χ3v) is 2.70. The summed E-state index contributed by atoms with van der Waals surface area (Å²) in [6.07, 6.45) is 1.13. The maximum absolute atomic E-state index is 13.1. The van der Waals surface area contributed by atoms with Gasteiger partial charge >= 0.3 is 0 Å². The summed E-state index contributed by atoms with van der Waals surface area (Å²) >= 11 is 0. The van der Waals surface area contributed by atoms with E-state index in [-0.39, 0.29) is 12.1 Å². The highest BCUT2D eigenvalue weighted by atomic mass is 19.1. The lowest BCUT2D eigenvalue weighted by Gasteiger charge is -2.10. The van der Waals surface area contributed by atoms with E-state index in [1.54, 1.807) is 18.2 Å².